The van der Waals surface area contributed by atoms with Gasteiger partial charge in [0.1, 0.15) is 5.75 Å². The lowest BCUT2D eigenvalue weighted by Gasteiger charge is -2.38. The van der Waals surface area contributed by atoms with Crippen molar-refractivity contribution in [3.8, 4) is 17.2 Å². The van der Waals surface area contributed by atoms with Gasteiger partial charge in [-0.3, -0.25) is 0 Å². The van der Waals surface area contributed by atoms with E-state index >= 15 is 0 Å². The van der Waals surface area contributed by atoms with Crippen molar-refractivity contribution in [3.05, 3.63) is 74.9 Å². The smallest absolute Gasteiger partial charge is 0.214 e. The highest BCUT2D eigenvalue weighted by Gasteiger charge is 2.41. The predicted molar refractivity (Wildman–Crippen MR) is 114 cm³/mol. The monoisotopic (exact) mass is 426 g/mol. The fourth-order valence-corrected chi connectivity index (χ4v) is 4.78. The Bertz CT molecular complexity index is 1080. The summed E-state index contributed by atoms with van der Waals surface area (Å²) in [6.07, 6.45) is 0.437. The molecule has 2 atom stereocenters. The molecule has 148 valence electrons. The molecule has 0 radical (unpaired) electrons. The number of halogens is 1. The van der Waals surface area contributed by atoms with Gasteiger partial charge in [-0.1, -0.05) is 17.7 Å². The van der Waals surface area contributed by atoms with Crippen molar-refractivity contribution in [3.63, 3.8) is 0 Å². The minimum absolute atomic E-state index is 0.0626. The van der Waals surface area contributed by atoms with Crippen LogP contribution in [0.25, 0.3) is 0 Å². The Hall–Kier alpha value is -2.70. The Balaban J connectivity index is 1.60. The first-order chi connectivity index (χ1) is 14.2. The summed E-state index contributed by atoms with van der Waals surface area (Å²) in [4.78, 5) is 1.18. The molecule has 0 aliphatic carbocycles. The Labute approximate surface area is 178 Å². The van der Waals surface area contributed by atoms with E-state index in [4.69, 9.17) is 30.9 Å². The molecular weight excluding hydrogens is 408 g/mol. The SMILES string of the molecule is COc1ccc([C@H]2Oc3ccc(Cl)cc3[C@@H]3CC(c4cccs4)=NN23)cc1OC. The molecule has 2 aliphatic rings. The number of methoxy groups -OCH3 is 2. The molecule has 2 aliphatic heterocycles. The zero-order valence-electron chi connectivity index (χ0n) is 16.0. The molecule has 2 aromatic carbocycles. The second-order valence-electron chi connectivity index (χ2n) is 6.89. The molecule has 3 aromatic rings. The van der Waals surface area contributed by atoms with Crippen LogP contribution in [0, 0.1) is 0 Å². The van der Waals surface area contributed by atoms with Crippen LogP contribution < -0.4 is 14.2 Å². The van der Waals surface area contributed by atoms with E-state index in [0.29, 0.717) is 16.5 Å². The summed E-state index contributed by atoms with van der Waals surface area (Å²) >= 11 is 7.99. The lowest BCUT2D eigenvalue weighted by Crippen LogP contribution is -2.33. The van der Waals surface area contributed by atoms with E-state index < -0.39 is 0 Å². The van der Waals surface area contributed by atoms with Crippen molar-refractivity contribution >= 4 is 28.6 Å². The molecule has 5 rings (SSSR count). The van der Waals surface area contributed by atoms with Gasteiger partial charge < -0.3 is 14.2 Å². The van der Waals surface area contributed by atoms with Gasteiger partial charge in [0, 0.05) is 22.6 Å². The number of ether oxygens (including phenoxy) is 3. The van der Waals surface area contributed by atoms with Crippen LogP contribution in [0.5, 0.6) is 17.2 Å². The standard InChI is InChI=1S/C22H19ClN2O3S/c1-26-19-7-5-13(10-20(19)27-2)22-25-17(12-16(24-25)21-4-3-9-29-21)15-11-14(23)6-8-18(15)28-22/h3-11,17,22H,12H2,1-2H3/t17-,22+/m0/s1. The van der Waals surface area contributed by atoms with E-state index in [2.05, 4.69) is 11.4 Å². The molecule has 0 N–H and O–H groups in total. The molecule has 3 heterocycles. The fourth-order valence-electron chi connectivity index (χ4n) is 3.88. The van der Waals surface area contributed by atoms with Gasteiger partial charge in [-0.25, -0.2) is 5.01 Å². The topological polar surface area (TPSA) is 43.3 Å². The molecule has 0 unspecified atom stereocenters. The predicted octanol–water partition coefficient (Wildman–Crippen LogP) is 5.66. The van der Waals surface area contributed by atoms with E-state index in [1.807, 2.05) is 47.5 Å². The quantitative estimate of drug-likeness (QED) is 0.539. The van der Waals surface area contributed by atoms with Crippen LogP contribution in [0.2, 0.25) is 5.02 Å². The molecule has 0 saturated heterocycles. The zero-order valence-corrected chi connectivity index (χ0v) is 17.5. The number of nitrogens with zero attached hydrogens (tertiary/aromatic N) is 2. The van der Waals surface area contributed by atoms with Crippen molar-refractivity contribution in [2.24, 2.45) is 5.10 Å². The first-order valence-corrected chi connectivity index (χ1v) is 10.5. The average molecular weight is 427 g/mol. The van der Waals surface area contributed by atoms with E-state index in [-0.39, 0.29) is 12.3 Å². The highest BCUT2D eigenvalue weighted by molar-refractivity contribution is 7.12. The molecule has 0 fully saturated rings. The lowest BCUT2D eigenvalue weighted by molar-refractivity contribution is -0.0191. The first-order valence-electron chi connectivity index (χ1n) is 9.25. The normalized spacial score (nSPS) is 19.8. The number of hydrogen-bond donors (Lipinski definition) is 0. The summed E-state index contributed by atoms with van der Waals surface area (Å²) in [5.41, 5.74) is 3.07. The fraction of sp³-hybridized carbons (Fsp3) is 0.227. The molecular formula is C22H19ClN2O3S. The number of hydrogen-bond acceptors (Lipinski definition) is 6. The first kappa shape index (κ1) is 18.3. The number of rotatable bonds is 4. The van der Waals surface area contributed by atoms with Gasteiger partial charge in [0.25, 0.3) is 0 Å². The van der Waals surface area contributed by atoms with Crippen LogP contribution >= 0.6 is 22.9 Å². The molecule has 0 amide bonds. The van der Waals surface area contributed by atoms with E-state index in [1.165, 1.54) is 4.88 Å². The van der Waals surface area contributed by atoms with E-state index in [1.54, 1.807) is 25.6 Å². The van der Waals surface area contributed by atoms with Gasteiger partial charge in [-0.2, -0.15) is 5.10 Å². The molecule has 0 saturated carbocycles. The van der Waals surface area contributed by atoms with Crippen molar-refractivity contribution in [2.45, 2.75) is 18.7 Å². The number of fused-ring (bicyclic) bond motifs is 3. The highest BCUT2D eigenvalue weighted by Crippen LogP contribution is 2.49. The summed E-state index contributed by atoms with van der Waals surface area (Å²) in [5, 5.41) is 9.76. The highest BCUT2D eigenvalue weighted by atomic mass is 35.5. The maximum Gasteiger partial charge on any atom is 0.214 e. The second-order valence-corrected chi connectivity index (χ2v) is 8.27. The molecule has 5 nitrogen and oxygen atoms in total. The Morgan fingerprint density at radius 1 is 1.10 bits per heavy atom. The maximum absolute atomic E-state index is 6.39. The second kappa shape index (κ2) is 7.28. The van der Waals surface area contributed by atoms with Crippen LogP contribution in [-0.2, 0) is 0 Å². The molecule has 7 heteroatoms. The Morgan fingerprint density at radius 2 is 1.97 bits per heavy atom. The van der Waals surface area contributed by atoms with Crippen molar-refractivity contribution < 1.29 is 14.2 Å². The van der Waals surface area contributed by atoms with Gasteiger partial charge in [-0.05, 0) is 47.8 Å². The molecule has 0 spiro atoms. The molecule has 1 aromatic heterocycles. The van der Waals surface area contributed by atoms with Crippen LogP contribution in [-0.4, -0.2) is 24.9 Å². The lowest BCUT2D eigenvalue weighted by atomic mass is 9.97. The maximum atomic E-state index is 6.39. The van der Waals surface area contributed by atoms with Gasteiger partial charge >= 0.3 is 0 Å². The molecule has 0 bridgehead atoms. The third-order valence-electron chi connectivity index (χ3n) is 5.25. The molecule has 29 heavy (non-hydrogen) atoms. The number of benzene rings is 2. The number of thiophene rings is 1. The summed E-state index contributed by atoms with van der Waals surface area (Å²) in [6, 6.07) is 15.8. The van der Waals surface area contributed by atoms with Crippen molar-refractivity contribution in [2.75, 3.05) is 14.2 Å². The summed E-state index contributed by atoms with van der Waals surface area (Å²) < 4.78 is 17.3. The third-order valence-corrected chi connectivity index (χ3v) is 6.40. The Morgan fingerprint density at radius 3 is 2.72 bits per heavy atom. The largest absolute Gasteiger partial charge is 0.493 e. The van der Waals surface area contributed by atoms with Gasteiger partial charge in [-0.15, -0.1) is 11.3 Å². The Kier molecular flexibility index (Phi) is 4.60. The van der Waals surface area contributed by atoms with Crippen LogP contribution in [0.15, 0.2) is 59.0 Å². The van der Waals surface area contributed by atoms with Gasteiger partial charge in [0.05, 0.1) is 30.9 Å². The van der Waals surface area contributed by atoms with Crippen LogP contribution in [0.1, 0.15) is 34.7 Å². The minimum atomic E-state index is -0.369. The third kappa shape index (κ3) is 3.12. The minimum Gasteiger partial charge on any atom is -0.493 e. The van der Waals surface area contributed by atoms with E-state index in [9.17, 15) is 0 Å². The van der Waals surface area contributed by atoms with E-state index in [0.717, 1.165) is 29.0 Å². The average Bonchev–Trinajstić information content (AvgIpc) is 3.42. The van der Waals surface area contributed by atoms with Crippen molar-refractivity contribution in [1.82, 2.24) is 5.01 Å². The zero-order chi connectivity index (χ0) is 20.0. The van der Waals surface area contributed by atoms with Crippen LogP contribution in [0.4, 0.5) is 0 Å². The van der Waals surface area contributed by atoms with Gasteiger partial charge in [0.15, 0.2) is 11.5 Å². The van der Waals surface area contributed by atoms with Gasteiger partial charge in [0.2, 0.25) is 6.23 Å². The summed E-state index contributed by atoms with van der Waals surface area (Å²) in [6.45, 7) is 0. The van der Waals surface area contributed by atoms with Crippen molar-refractivity contribution in [1.29, 1.82) is 0 Å². The van der Waals surface area contributed by atoms with Crippen LogP contribution in [0.3, 0.4) is 0 Å². The summed E-state index contributed by atoms with van der Waals surface area (Å²) in [7, 11) is 3.26. The number of hydrazone groups is 1. The summed E-state index contributed by atoms with van der Waals surface area (Å²) in [5.74, 6) is 2.17.